The number of hydrogen-bond donors (Lipinski definition) is 3. The van der Waals surface area contributed by atoms with Gasteiger partial charge in [-0.2, -0.15) is 0 Å². The molecule has 1 amide bonds. The van der Waals surface area contributed by atoms with Gasteiger partial charge in [-0.25, -0.2) is 4.79 Å². The van der Waals surface area contributed by atoms with Crippen LogP contribution in [0.5, 0.6) is 5.75 Å². The lowest BCUT2D eigenvalue weighted by atomic mass is 10.0. The summed E-state index contributed by atoms with van der Waals surface area (Å²) in [5, 5.41) is 15.1. The predicted octanol–water partition coefficient (Wildman–Crippen LogP) is 4.15. The number of fused-ring (bicyclic) bond motifs is 2. The third-order valence-corrected chi connectivity index (χ3v) is 5.69. The molecule has 0 bridgehead atoms. The van der Waals surface area contributed by atoms with E-state index in [9.17, 15) is 14.7 Å². The summed E-state index contributed by atoms with van der Waals surface area (Å²) < 4.78 is 5.40. The fourth-order valence-electron chi connectivity index (χ4n) is 3.70. The summed E-state index contributed by atoms with van der Waals surface area (Å²) in [5.41, 5.74) is 3.35. The Hall–Kier alpha value is -3.25. The van der Waals surface area contributed by atoms with E-state index in [2.05, 4.69) is 10.3 Å². The Bertz CT molecular complexity index is 1340. The highest BCUT2D eigenvalue weighted by atomic mass is 35.5. The van der Waals surface area contributed by atoms with Crippen LogP contribution in [0.2, 0.25) is 5.02 Å². The molecule has 0 radical (unpaired) electrons. The van der Waals surface area contributed by atoms with Gasteiger partial charge in [-0.1, -0.05) is 11.6 Å². The minimum atomic E-state index is -0.560. The van der Waals surface area contributed by atoms with Gasteiger partial charge in [0.05, 0.1) is 12.0 Å². The molecule has 0 atom stereocenters. The van der Waals surface area contributed by atoms with Crippen LogP contribution in [0, 0.1) is 13.8 Å². The van der Waals surface area contributed by atoms with Crippen LogP contribution in [0.4, 0.5) is 0 Å². The molecule has 2 heterocycles. The van der Waals surface area contributed by atoms with Crippen LogP contribution in [0.1, 0.15) is 22.3 Å². The van der Waals surface area contributed by atoms with Crippen LogP contribution in [0.3, 0.4) is 0 Å². The minimum Gasteiger partial charge on any atom is -0.508 e. The second-order valence-electron chi connectivity index (χ2n) is 7.36. The van der Waals surface area contributed by atoms with E-state index in [0.717, 1.165) is 16.5 Å². The highest BCUT2D eigenvalue weighted by molar-refractivity contribution is 6.31. The summed E-state index contributed by atoms with van der Waals surface area (Å²) in [6.45, 7) is 3.90. The number of aromatic nitrogens is 1. The molecule has 0 spiro atoms. The molecule has 0 fully saturated rings. The number of phenols is 1. The van der Waals surface area contributed by atoms with E-state index in [1.165, 1.54) is 0 Å². The number of aryl methyl sites for hydroxylation is 2. The van der Waals surface area contributed by atoms with Gasteiger partial charge in [-0.15, -0.1) is 0 Å². The van der Waals surface area contributed by atoms with E-state index in [-0.39, 0.29) is 18.1 Å². The van der Waals surface area contributed by atoms with E-state index in [0.29, 0.717) is 45.6 Å². The molecule has 154 valence electrons. The molecule has 2 aromatic carbocycles. The second-order valence-corrected chi connectivity index (χ2v) is 7.80. The van der Waals surface area contributed by atoms with Gasteiger partial charge in [0, 0.05) is 39.6 Å². The number of hydrogen-bond acceptors (Lipinski definition) is 4. The molecular weight excluding hydrogens is 404 g/mol. The molecule has 0 aliphatic carbocycles. The van der Waals surface area contributed by atoms with Gasteiger partial charge >= 0.3 is 5.63 Å². The van der Waals surface area contributed by atoms with E-state index in [4.69, 9.17) is 16.0 Å². The molecule has 0 aliphatic heterocycles. The molecule has 2 aromatic heterocycles. The Morgan fingerprint density at radius 3 is 2.77 bits per heavy atom. The van der Waals surface area contributed by atoms with Gasteiger partial charge in [0.2, 0.25) is 5.91 Å². The van der Waals surface area contributed by atoms with Crippen molar-refractivity contribution in [1.82, 2.24) is 10.3 Å². The summed E-state index contributed by atoms with van der Waals surface area (Å²) in [5.74, 6) is -0.188. The standard InChI is InChI=1S/C23H21ClN2O4/c1-12-16-4-6-20(27)13(2)22(16)30-23(29)17(12)10-21(28)25-8-7-14-11-26-19-5-3-15(24)9-18(14)19/h3-6,9,11,26-27H,7-8,10H2,1-2H3,(H,25,28). The van der Waals surface area contributed by atoms with Crippen molar-refractivity contribution in [2.45, 2.75) is 26.7 Å². The molecule has 0 aliphatic rings. The van der Waals surface area contributed by atoms with Gasteiger partial charge in [-0.3, -0.25) is 4.79 Å². The maximum Gasteiger partial charge on any atom is 0.340 e. The number of carbonyl (C=O) groups is 1. The summed E-state index contributed by atoms with van der Waals surface area (Å²) in [4.78, 5) is 28.1. The number of carbonyl (C=O) groups excluding carboxylic acids is 1. The zero-order valence-corrected chi connectivity index (χ0v) is 17.4. The van der Waals surface area contributed by atoms with Crippen molar-refractivity contribution in [2.75, 3.05) is 6.54 Å². The molecule has 0 saturated carbocycles. The van der Waals surface area contributed by atoms with E-state index >= 15 is 0 Å². The Kier molecular flexibility index (Phi) is 5.26. The topological polar surface area (TPSA) is 95.3 Å². The quantitative estimate of drug-likeness (QED) is 0.419. The zero-order chi connectivity index (χ0) is 21.4. The number of aromatic amines is 1. The molecule has 4 aromatic rings. The molecule has 7 heteroatoms. The van der Waals surface area contributed by atoms with Crippen LogP contribution in [0.15, 0.2) is 45.7 Å². The van der Waals surface area contributed by atoms with Gasteiger partial charge in [0.15, 0.2) is 0 Å². The third-order valence-electron chi connectivity index (χ3n) is 5.46. The van der Waals surface area contributed by atoms with Crippen molar-refractivity contribution in [3.8, 4) is 5.75 Å². The first-order chi connectivity index (χ1) is 14.3. The maximum atomic E-state index is 12.5. The van der Waals surface area contributed by atoms with E-state index < -0.39 is 5.63 Å². The fraction of sp³-hybridized carbons (Fsp3) is 0.217. The zero-order valence-electron chi connectivity index (χ0n) is 16.6. The van der Waals surface area contributed by atoms with Crippen molar-refractivity contribution in [3.63, 3.8) is 0 Å². The first kappa shape index (κ1) is 20.0. The van der Waals surface area contributed by atoms with Crippen molar-refractivity contribution >= 4 is 39.4 Å². The number of phenolic OH excluding ortho intramolecular Hbond substituents is 1. The van der Waals surface area contributed by atoms with Crippen LogP contribution >= 0.6 is 11.6 Å². The van der Waals surface area contributed by atoms with Crippen molar-refractivity contribution in [3.05, 3.63) is 74.2 Å². The number of benzene rings is 2. The van der Waals surface area contributed by atoms with E-state index in [1.54, 1.807) is 26.0 Å². The molecular formula is C23H21ClN2O4. The predicted molar refractivity (Wildman–Crippen MR) is 117 cm³/mol. The number of aromatic hydroxyl groups is 1. The van der Waals surface area contributed by atoms with Gasteiger partial charge < -0.3 is 19.8 Å². The number of rotatable bonds is 5. The lowest BCUT2D eigenvalue weighted by Gasteiger charge is -2.10. The van der Waals surface area contributed by atoms with Crippen LogP contribution in [-0.4, -0.2) is 22.5 Å². The average Bonchev–Trinajstić information content (AvgIpc) is 3.10. The van der Waals surface area contributed by atoms with Gasteiger partial charge in [0.25, 0.3) is 0 Å². The van der Waals surface area contributed by atoms with E-state index in [1.807, 2.05) is 24.4 Å². The van der Waals surface area contributed by atoms with Gasteiger partial charge in [0.1, 0.15) is 11.3 Å². The lowest BCUT2D eigenvalue weighted by Crippen LogP contribution is -2.29. The number of H-pyrrole nitrogens is 1. The first-order valence-corrected chi connectivity index (χ1v) is 10.00. The fourth-order valence-corrected chi connectivity index (χ4v) is 3.87. The van der Waals surface area contributed by atoms with Crippen molar-refractivity contribution in [2.24, 2.45) is 0 Å². The van der Waals surface area contributed by atoms with Crippen molar-refractivity contribution < 1.29 is 14.3 Å². The number of nitrogens with one attached hydrogen (secondary N) is 2. The summed E-state index contributed by atoms with van der Waals surface area (Å²) in [6.07, 6.45) is 2.48. The molecule has 6 nitrogen and oxygen atoms in total. The van der Waals surface area contributed by atoms with Crippen LogP contribution in [0.25, 0.3) is 21.9 Å². The highest BCUT2D eigenvalue weighted by Crippen LogP contribution is 2.28. The first-order valence-electron chi connectivity index (χ1n) is 9.62. The summed E-state index contributed by atoms with van der Waals surface area (Å²) in [6, 6.07) is 8.89. The Morgan fingerprint density at radius 2 is 1.97 bits per heavy atom. The Balaban J connectivity index is 1.47. The van der Waals surface area contributed by atoms with Crippen LogP contribution < -0.4 is 10.9 Å². The smallest absolute Gasteiger partial charge is 0.340 e. The molecule has 0 unspecified atom stereocenters. The SMILES string of the molecule is Cc1c(CC(=O)NCCc2c[nH]c3ccc(Cl)cc23)c(=O)oc2c(C)c(O)ccc12. The lowest BCUT2D eigenvalue weighted by molar-refractivity contribution is -0.120. The Labute approximate surface area is 177 Å². The normalized spacial score (nSPS) is 11.3. The van der Waals surface area contributed by atoms with Crippen molar-refractivity contribution in [1.29, 1.82) is 0 Å². The molecule has 30 heavy (non-hydrogen) atoms. The molecule has 0 saturated heterocycles. The summed E-state index contributed by atoms with van der Waals surface area (Å²) in [7, 11) is 0. The summed E-state index contributed by atoms with van der Waals surface area (Å²) >= 11 is 6.08. The monoisotopic (exact) mass is 424 g/mol. The second kappa shape index (κ2) is 7.88. The highest BCUT2D eigenvalue weighted by Gasteiger charge is 2.17. The number of amides is 1. The minimum absolute atomic E-state index is 0.0640. The maximum absolute atomic E-state index is 12.5. The molecule has 4 rings (SSSR count). The largest absolute Gasteiger partial charge is 0.508 e. The average molecular weight is 425 g/mol. The number of halogens is 1. The molecule has 3 N–H and O–H groups in total. The van der Waals surface area contributed by atoms with Crippen LogP contribution in [-0.2, 0) is 17.6 Å². The third kappa shape index (κ3) is 3.66. The Morgan fingerprint density at radius 1 is 1.17 bits per heavy atom. The van der Waals surface area contributed by atoms with Gasteiger partial charge in [-0.05, 0) is 61.7 Å².